The Hall–Kier alpha value is -3.40. The number of benzene rings is 3. The maximum atomic E-state index is 12.6. The lowest BCUT2D eigenvalue weighted by Gasteiger charge is -2.15. The van der Waals surface area contributed by atoms with Gasteiger partial charge < -0.3 is 9.47 Å². The van der Waals surface area contributed by atoms with Crippen molar-refractivity contribution < 1.29 is 14.3 Å². The van der Waals surface area contributed by atoms with Crippen LogP contribution < -0.4 is 4.74 Å². The number of nitrogens with zero attached hydrogens (tertiary/aromatic N) is 1. The molecule has 4 heteroatoms. The Labute approximate surface area is 171 Å². The number of hydrogen-bond acceptors (Lipinski definition) is 4. The molecule has 0 spiro atoms. The number of aliphatic imine (C=N–C) groups is 1. The number of carbonyl (C=O) groups excluding carboxylic acids is 1. The molecule has 0 N–H and O–H groups in total. The molecule has 148 valence electrons. The highest BCUT2D eigenvalue weighted by Crippen LogP contribution is 2.18. The molecule has 0 aliphatic heterocycles. The van der Waals surface area contributed by atoms with Crippen LogP contribution in [0.3, 0.4) is 0 Å². The minimum absolute atomic E-state index is 0.365. The summed E-state index contributed by atoms with van der Waals surface area (Å²) >= 11 is 0. The quantitative estimate of drug-likeness (QED) is 0.415. The first-order valence-corrected chi connectivity index (χ1v) is 9.69. The molecule has 3 aromatic carbocycles. The van der Waals surface area contributed by atoms with Gasteiger partial charge in [-0.15, -0.1) is 0 Å². The SMILES string of the molecule is CCOc1cccc(CC(N=C(c2ccccc2)c2ccccc2)C(=O)OC)c1. The molecular formula is C25H25NO3. The molecule has 0 fully saturated rings. The van der Waals surface area contributed by atoms with Crippen LogP contribution in [-0.2, 0) is 16.0 Å². The Morgan fingerprint density at radius 1 is 0.897 bits per heavy atom. The number of rotatable bonds is 8. The van der Waals surface area contributed by atoms with Crippen molar-refractivity contribution in [2.24, 2.45) is 4.99 Å². The van der Waals surface area contributed by atoms with Crippen LogP contribution in [0.25, 0.3) is 0 Å². The monoisotopic (exact) mass is 387 g/mol. The molecule has 0 saturated carbocycles. The van der Waals surface area contributed by atoms with E-state index in [0.717, 1.165) is 28.2 Å². The van der Waals surface area contributed by atoms with Crippen LogP contribution in [0.2, 0.25) is 0 Å². The molecule has 1 atom stereocenters. The predicted molar refractivity (Wildman–Crippen MR) is 116 cm³/mol. The van der Waals surface area contributed by atoms with Gasteiger partial charge in [-0.1, -0.05) is 72.8 Å². The minimum Gasteiger partial charge on any atom is -0.494 e. The average molecular weight is 387 g/mol. The van der Waals surface area contributed by atoms with Crippen molar-refractivity contribution >= 4 is 11.7 Å². The highest BCUT2D eigenvalue weighted by atomic mass is 16.5. The first-order valence-electron chi connectivity index (χ1n) is 9.69. The number of ether oxygens (including phenoxy) is 2. The third-order valence-electron chi connectivity index (χ3n) is 4.49. The smallest absolute Gasteiger partial charge is 0.330 e. The van der Waals surface area contributed by atoms with E-state index in [4.69, 9.17) is 14.5 Å². The second-order valence-electron chi connectivity index (χ2n) is 6.53. The summed E-state index contributed by atoms with van der Waals surface area (Å²) in [5.74, 6) is 0.417. The zero-order valence-electron chi connectivity index (χ0n) is 16.7. The third kappa shape index (κ3) is 5.55. The van der Waals surface area contributed by atoms with Crippen molar-refractivity contribution in [2.45, 2.75) is 19.4 Å². The largest absolute Gasteiger partial charge is 0.494 e. The summed E-state index contributed by atoms with van der Waals surface area (Å²) in [5, 5.41) is 0. The summed E-state index contributed by atoms with van der Waals surface area (Å²) in [6, 6.07) is 26.9. The Bertz CT molecular complexity index is 911. The summed E-state index contributed by atoms with van der Waals surface area (Å²) in [6.07, 6.45) is 0.427. The molecule has 0 bridgehead atoms. The first kappa shape index (κ1) is 20.3. The van der Waals surface area contributed by atoms with Crippen LogP contribution >= 0.6 is 0 Å². The van der Waals surface area contributed by atoms with Gasteiger partial charge in [0, 0.05) is 17.5 Å². The van der Waals surface area contributed by atoms with Gasteiger partial charge in [-0.05, 0) is 24.6 Å². The van der Waals surface area contributed by atoms with E-state index in [1.165, 1.54) is 7.11 Å². The van der Waals surface area contributed by atoms with Crippen LogP contribution in [0.1, 0.15) is 23.6 Å². The van der Waals surface area contributed by atoms with Crippen LogP contribution in [0.5, 0.6) is 5.75 Å². The fourth-order valence-corrected chi connectivity index (χ4v) is 3.13. The highest BCUT2D eigenvalue weighted by molar-refractivity contribution is 6.13. The van der Waals surface area contributed by atoms with Gasteiger partial charge in [-0.25, -0.2) is 4.79 Å². The van der Waals surface area contributed by atoms with Gasteiger partial charge in [0.2, 0.25) is 0 Å². The fourth-order valence-electron chi connectivity index (χ4n) is 3.13. The average Bonchev–Trinajstić information content (AvgIpc) is 2.77. The summed E-state index contributed by atoms with van der Waals surface area (Å²) in [6.45, 7) is 2.54. The summed E-state index contributed by atoms with van der Waals surface area (Å²) in [4.78, 5) is 17.4. The Morgan fingerprint density at radius 3 is 2.07 bits per heavy atom. The first-order chi connectivity index (χ1) is 14.2. The van der Waals surface area contributed by atoms with Gasteiger partial charge in [0.25, 0.3) is 0 Å². The van der Waals surface area contributed by atoms with E-state index in [1.54, 1.807) is 0 Å². The molecule has 0 saturated heterocycles. The van der Waals surface area contributed by atoms with Gasteiger partial charge in [0.1, 0.15) is 5.75 Å². The molecule has 3 rings (SSSR count). The van der Waals surface area contributed by atoms with E-state index in [-0.39, 0.29) is 5.97 Å². The van der Waals surface area contributed by atoms with E-state index >= 15 is 0 Å². The van der Waals surface area contributed by atoms with E-state index < -0.39 is 6.04 Å². The molecular weight excluding hydrogens is 362 g/mol. The standard InChI is InChI=1S/C25H25NO3/c1-3-29-22-16-10-11-19(17-22)18-23(25(27)28-2)26-24(20-12-6-4-7-13-20)21-14-8-5-9-15-21/h4-17,23H,3,18H2,1-2H3. The van der Waals surface area contributed by atoms with Crippen LogP contribution in [-0.4, -0.2) is 31.4 Å². The third-order valence-corrected chi connectivity index (χ3v) is 4.49. The van der Waals surface area contributed by atoms with Crippen molar-refractivity contribution in [1.29, 1.82) is 0 Å². The molecule has 0 aliphatic carbocycles. The van der Waals surface area contributed by atoms with Crippen LogP contribution in [0, 0.1) is 0 Å². The molecule has 29 heavy (non-hydrogen) atoms. The van der Waals surface area contributed by atoms with Gasteiger partial charge >= 0.3 is 5.97 Å². The number of esters is 1. The van der Waals surface area contributed by atoms with Crippen LogP contribution in [0.4, 0.5) is 0 Å². The second-order valence-corrected chi connectivity index (χ2v) is 6.53. The number of carbonyl (C=O) groups is 1. The Morgan fingerprint density at radius 2 is 1.52 bits per heavy atom. The molecule has 0 amide bonds. The number of hydrogen-bond donors (Lipinski definition) is 0. The van der Waals surface area contributed by atoms with E-state index in [0.29, 0.717) is 13.0 Å². The van der Waals surface area contributed by atoms with Crippen molar-refractivity contribution in [3.05, 3.63) is 102 Å². The van der Waals surface area contributed by atoms with E-state index in [9.17, 15) is 4.79 Å². The molecule has 0 aliphatic rings. The van der Waals surface area contributed by atoms with Gasteiger partial charge in [-0.3, -0.25) is 4.99 Å². The minimum atomic E-state index is -0.660. The molecule has 0 aromatic heterocycles. The van der Waals surface area contributed by atoms with Gasteiger partial charge in [-0.2, -0.15) is 0 Å². The highest BCUT2D eigenvalue weighted by Gasteiger charge is 2.21. The summed E-state index contributed by atoms with van der Waals surface area (Å²) in [7, 11) is 1.40. The summed E-state index contributed by atoms with van der Waals surface area (Å²) in [5.41, 5.74) is 3.64. The lowest BCUT2D eigenvalue weighted by Crippen LogP contribution is -2.25. The molecule has 0 radical (unpaired) electrons. The Kier molecular flexibility index (Phi) is 7.17. The van der Waals surface area contributed by atoms with Gasteiger partial charge in [0.05, 0.1) is 19.4 Å². The topological polar surface area (TPSA) is 47.9 Å². The normalized spacial score (nSPS) is 11.4. The second kappa shape index (κ2) is 10.2. The lowest BCUT2D eigenvalue weighted by molar-refractivity contribution is -0.142. The molecule has 0 heterocycles. The molecule has 3 aromatic rings. The number of methoxy groups -OCH3 is 1. The van der Waals surface area contributed by atoms with Crippen molar-refractivity contribution in [2.75, 3.05) is 13.7 Å². The lowest BCUT2D eigenvalue weighted by atomic mass is 10.0. The maximum absolute atomic E-state index is 12.6. The van der Waals surface area contributed by atoms with Crippen molar-refractivity contribution in [3.63, 3.8) is 0 Å². The zero-order valence-corrected chi connectivity index (χ0v) is 16.7. The molecule has 1 unspecified atom stereocenters. The van der Waals surface area contributed by atoms with Crippen molar-refractivity contribution in [1.82, 2.24) is 0 Å². The van der Waals surface area contributed by atoms with E-state index in [2.05, 4.69) is 0 Å². The zero-order chi connectivity index (χ0) is 20.5. The van der Waals surface area contributed by atoms with Gasteiger partial charge in [0.15, 0.2) is 6.04 Å². The van der Waals surface area contributed by atoms with Crippen LogP contribution in [0.15, 0.2) is 89.9 Å². The van der Waals surface area contributed by atoms with Crippen molar-refractivity contribution in [3.8, 4) is 5.75 Å². The Balaban J connectivity index is 2.00. The molecule has 4 nitrogen and oxygen atoms in total. The fraction of sp³-hybridized carbons (Fsp3) is 0.200. The predicted octanol–water partition coefficient (Wildman–Crippen LogP) is 4.71. The van der Waals surface area contributed by atoms with E-state index in [1.807, 2.05) is 91.9 Å². The maximum Gasteiger partial charge on any atom is 0.330 e. The summed E-state index contributed by atoms with van der Waals surface area (Å²) < 4.78 is 10.6.